The average Bonchev–Trinajstić information content (AvgIpc) is 2.46. The van der Waals surface area contributed by atoms with Crippen LogP contribution in [0.2, 0.25) is 0 Å². The van der Waals surface area contributed by atoms with Crippen molar-refractivity contribution in [2.75, 3.05) is 24.6 Å². The first-order chi connectivity index (χ1) is 9.67. The van der Waals surface area contributed by atoms with E-state index in [4.69, 9.17) is 5.11 Å². The predicted molar refractivity (Wildman–Crippen MR) is 76.1 cm³/mol. The Morgan fingerprint density at radius 3 is 2.65 bits per heavy atom. The standard InChI is InChI=1S/C14H17N3O3/c1-2-7-17(8-9-18)13-10-5-3-4-6-11(10)15-12(16-13)14(19)20/h3-6,18H,2,7-9H2,1H3,(H,19,20). The number of carboxylic acid groups (broad SMARTS) is 1. The van der Waals surface area contributed by atoms with E-state index < -0.39 is 5.97 Å². The molecule has 2 N–H and O–H groups in total. The van der Waals surface area contributed by atoms with Crippen LogP contribution in [0.15, 0.2) is 24.3 Å². The number of aromatic carboxylic acids is 1. The van der Waals surface area contributed by atoms with Crippen molar-refractivity contribution in [1.29, 1.82) is 0 Å². The van der Waals surface area contributed by atoms with E-state index in [0.29, 0.717) is 24.4 Å². The first-order valence-electron chi connectivity index (χ1n) is 6.53. The van der Waals surface area contributed by atoms with Crippen LogP contribution in [0.3, 0.4) is 0 Å². The third kappa shape index (κ3) is 2.85. The van der Waals surface area contributed by atoms with Gasteiger partial charge in [0.25, 0.3) is 0 Å². The highest BCUT2D eigenvalue weighted by Crippen LogP contribution is 2.23. The Bertz CT molecular complexity index is 610. The number of aliphatic hydroxyl groups excluding tert-OH is 1. The smallest absolute Gasteiger partial charge is 0.374 e. The van der Waals surface area contributed by atoms with Crippen LogP contribution < -0.4 is 4.90 Å². The van der Waals surface area contributed by atoms with Gasteiger partial charge in [-0.1, -0.05) is 19.1 Å². The molecule has 0 amide bonds. The van der Waals surface area contributed by atoms with E-state index in [1.807, 2.05) is 24.0 Å². The maximum atomic E-state index is 11.1. The topological polar surface area (TPSA) is 86.5 Å². The van der Waals surface area contributed by atoms with Crippen molar-refractivity contribution in [2.45, 2.75) is 13.3 Å². The van der Waals surface area contributed by atoms with Crippen LogP contribution in [-0.2, 0) is 0 Å². The molecular formula is C14H17N3O3. The van der Waals surface area contributed by atoms with E-state index in [1.165, 1.54) is 0 Å². The minimum absolute atomic E-state index is 0.0132. The summed E-state index contributed by atoms with van der Waals surface area (Å²) in [5, 5.41) is 19.1. The van der Waals surface area contributed by atoms with Crippen molar-refractivity contribution in [2.24, 2.45) is 0 Å². The van der Waals surface area contributed by atoms with Crippen molar-refractivity contribution in [3.05, 3.63) is 30.1 Å². The number of carbonyl (C=O) groups is 1. The van der Waals surface area contributed by atoms with Gasteiger partial charge < -0.3 is 15.1 Å². The maximum absolute atomic E-state index is 11.1. The molecule has 6 nitrogen and oxygen atoms in total. The predicted octanol–water partition coefficient (Wildman–Crippen LogP) is 1.54. The molecule has 0 saturated carbocycles. The summed E-state index contributed by atoms with van der Waals surface area (Å²) in [5.41, 5.74) is 0.592. The zero-order valence-corrected chi connectivity index (χ0v) is 11.3. The van der Waals surface area contributed by atoms with E-state index in [2.05, 4.69) is 9.97 Å². The summed E-state index contributed by atoms with van der Waals surface area (Å²) < 4.78 is 0. The Morgan fingerprint density at radius 2 is 2.00 bits per heavy atom. The Morgan fingerprint density at radius 1 is 1.25 bits per heavy atom. The van der Waals surface area contributed by atoms with Crippen LogP contribution in [0.4, 0.5) is 5.82 Å². The molecule has 0 unspecified atom stereocenters. The average molecular weight is 275 g/mol. The number of fused-ring (bicyclic) bond motifs is 1. The summed E-state index contributed by atoms with van der Waals surface area (Å²) in [6.07, 6.45) is 0.876. The quantitative estimate of drug-likeness (QED) is 0.831. The van der Waals surface area contributed by atoms with Gasteiger partial charge in [-0.15, -0.1) is 0 Å². The van der Waals surface area contributed by atoms with E-state index in [0.717, 1.165) is 11.8 Å². The molecule has 6 heteroatoms. The van der Waals surface area contributed by atoms with Gasteiger partial charge in [0.05, 0.1) is 12.1 Å². The first kappa shape index (κ1) is 14.2. The SMILES string of the molecule is CCCN(CCO)c1nc(C(=O)O)nc2ccccc12. The van der Waals surface area contributed by atoms with Gasteiger partial charge in [-0.3, -0.25) is 0 Å². The molecule has 0 spiro atoms. The molecule has 0 aliphatic rings. The Kier molecular flexibility index (Phi) is 4.47. The van der Waals surface area contributed by atoms with Crippen molar-refractivity contribution in [3.63, 3.8) is 0 Å². The van der Waals surface area contributed by atoms with E-state index in [-0.39, 0.29) is 12.4 Å². The number of hydrogen-bond donors (Lipinski definition) is 2. The van der Waals surface area contributed by atoms with Gasteiger partial charge in [0.1, 0.15) is 5.82 Å². The normalized spacial score (nSPS) is 10.7. The lowest BCUT2D eigenvalue weighted by Gasteiger charge is -2.23. The second-order valence-corrected chi connectivity index (χ2v) is 4.40. The summed E-state index contributed by atoms with van der Waals surface area (Å²) in [6, 6.07) is 7.28. The van der Waals surface area contributed by atoms with Crippen LogP contribution in [0.1, 0.15) is 24.0 Å². The fourth-order valence-electron chi connectivity index (χ4n) is 2.11. The molecule has 0 bridgehead atoms. The lowest BCUT2D eigenvalue weighted by Crippen LogP contribution is -2.29. The number of benzene rings is 1. The van der Waals surface area contributed by atoms with Crippen LogP contribution in [0, 0.1) is 0 Å². The molecule has 2 rings (SSSR count). The molecule has 0 radical (unpaired) electrons. The second-order valence-electron chi connectivity index (χ2n) is 4.40. The number of nitrogens with zero attached hydrogens (tertiary/aromatic N) is 3. The molecule has 1 heterocycles. The molecule has 1 aromatic heterocycles. The van der Waals surface area contributed by atoms with Crippen LogP contribution in [-0.4, -0.2) is 45.8 Å². The van der Waals surface area contributed by atoms with Gasteiger partial charge in [0.2, 0.25) is 5.82 Å². The third-order valence-corrected chi connectivity index (χ3v) is 2.94. The van der Waals surface area contributed by atoms with Gasteiger partial charge in [0, 0.05) is 18.5 Å². The summed E-state index contributed by atoms with van der Waals surface area (Å²) in [6.45, 7) is 3.11. The van der Waals surface area contributed by atoms with Gasteiger partial charge in [-0.25, -0.2) is 14.8 Å². The first-order valence-corrected chi connectivity index (χ1v) is 6.53. The lowest BCUT2D eigenvalue weighted by atomic mass is 10.2. The van der Waals surface area contributed by atoms with Gasteiger partial charge in [-0.05, 0) is 18.6 Å². The Hall–Kier alpha value is -2.21. The Labute approximate surface area is 116 Å². The maximum Gasteiger partial charge on any atom is 0.374 e. The van der Waals surface area contributed by atoms with Crippen molar-refractivity contribution >= 4 is 22.7 Å². The lowest BCUT2D eigenvalue weighted by molar-refractivity contribution is 0.0684. The van der Waals surface area contributed by atoms with Crippen molar-refractivity contribution in [1.82, 2.24) is 9.97 Å². The summed E-state index contributed by atoms with van der Waals surface area (Å²) in [4.78, 5) is 21.2. The fourth-order valence-corrected chi connectivity index (χ4v) is 2.11. The monoisotopic (exact) mass is 275 g/mol. The number of rotatable bonds is 6. The number of aliphatic hydroxyl groups is 1. The molecule has 0 saturated heterocycles. The molecule has 0 atom stereocenters. The highest BCUT2D eigenvalue weighted by Gasteiger charge is 2.16. The molecule has 20 heavy (non-hydrogen) atoms. The highest BCUT2D eigenvalue weighted by atomic mass is 16.4. The van der Waals surface area contributed by atoms with Crippen molar-refractivity contribution < 1.29 is 15.0 Å². The van der Waals surface area contributed by atoms with E-state index >= 15 is 0 Å². The van der Waals surface area contributed by atoms with E-state index in [1.54, 1.807) is 12.1 Å². The van der Waals surface area contributed by atoms with Gasteiger partial charge in [-0.2, -0.15) is 0 Å². The number of para-hydroxylation sites is 1. The molecule has 0 fully saturated rings. The Balaban J connectivity index is 2.61. The van der Waals surface area contributed by atoms with Gasteiger partial charge in [0.15, 0.2) is 0 Å². The summed E-state index contributed by atoms with van der Waals surface area (Å²) in [5.74, 6) is -0.820. The minimum Gasteiger partial charge on any atom is -0.475 e. The third-order valence-electron chi connectivity index (χ3n) is 2.94. The number of aromatic nitrogens is 2. The summed E-state index contributed by atoms with van der Waals surface area (Å²) >= 11 is 0. The minimum atomic E-state index is -1.16. The molecule has 1 aromatic carbocycles. The van der Waals surface area contributed by atoms with Crippen LogP contribution >= 0.6 is 0 Å². The number of hydrogen-bond acceptors (Lipinski definition) is 5. The van der Waals surface area contributed by atoms with Crippen LogP contribution in [0.5, 0.6) is 0 Å². The zero-order chi connectivity index (χ0) is 14.5. The molecule has 0 aliphatic heterocycles. The number of anilines is 1. The summed E-state index contributed by atoms with van der Waals surface area (Å²) in [7, 11) is 0. The fraction of sp³-hybridized carbons (Fsp3) is 0.357. The zero-order valence-electron chi connectivity index (χ0n) is 11.3. The van der Waals surface area contributed by atoms with Crippen LogP contribution in [0.25, 0.3) is 10.9 Å². The second kappa shape index (κ2) is 6.29. The molecule has 0 aliphatic carbocycles. The largest absolute Gasteiger partial charge is 0.475 e. The number of carboxylic acids is 1. The van der Waals surface area contributed by atoms with E-state index in [9.17, 15) is 9.90 Å². The van der Waals surface area contributed by atoms with Gasteiger partial charge >= 0.3 is 5.97 Å². The van der Waals surface area contributed by atoms with Crippen molar-refractivity contribution in [3.8, 4) is 0 Å². The molecular weight excluding hydrogens is 258 g/mol. The molecule has 2 aromatic rings. The highest BCUT2D eigenvalue weighted by molar-refractivity contribution is 5.93. The molecule has 106 valence electrons.